The molecule has 2 fully saturated rings. The summed E-state index contributed by atoms with van der Waals surface area (Å²) in [6, 6.07) is 0. The Balaban J connectivity index is 2.16. The molecule has 0 saturated carbocycles. The van der Waals surface area contributed by atoms with E-state index in [0.29, 0.717) is 6.42 Å². The summed E-state index contributed by atoms with van der Waals surface area (Å²) in [6.07, 6.45) is 0.564. The van der Waals surface area contributed by atoms with Crippen molar-refractivity contribution >= 4 is 19.9 Å². The molecule has 0 spiro atoms. The highest BCUT2D eigenvalue weighted by atomic mass is 32.2. The number of aliphatic hydroxyl groups is 1. The molecule has 2 saturated heterocycles. The highest BCUT2D eigenvalue weighted by Gasteiger charge is 2.45. The third-order valence-corrected chi connectivity index (χ3v) is 7.64. The van der Waals surface area contributed by atoms with Gasteiger partial charge in [0.1, 0.15) is 0 Å². The Kier molecular flexibility index (Phi) is 3.05. The highest BCUT2D eigenvalue weighted by molar-refractivity contribution is 7.95. The van der Waals surface area contributed by atoms with E-state index < -0.39 is 30.7 Å². The standard InChI is InChI=1S/C9H17NO5S2/c1-9(11)3-4-10(7-9)17(14,15)8-2-5-16(12,13)6-8/h8,11H,2-7H2,1H3. The molecule has 0 aromatic heterocycles. The largest absolute Gasteiger partial charge is 0.389 e. The van der Waals surface area contributed by atoms with Crippen LogP contribution in [0.4, 0.5) is 0 Å². The SMILES string of the molecule is CC1(O)CCN(S(=O)(=O)C2CCS(=O)(=O)C2)C1. The first-order valence-corrected chi connectivity index (χ1v) is 8.87. The molecule has 2 aliphatic rings. The summed E-state index contributed by atoms with van der Waals surface area (Å²) in [5.74, 6) is -0.338. The minimum atomic E-state index is -3.59. The van der Waals surface area contributed by atoms with Gasteiger partial charge in [-0.15, -0.1) is 0 Å². The number of rotatable bonds is 2. The molecule has 1 N–H and O–H groups in total. The van der Waals surface area contributed by atoms with E-state index in [1.54, 1.807) is 6.92 Å². The molecule has 2 unspecified atom stereocenters. The predicted molar refractivity (Wildman–Crippen MR) is 62.8 cm³/mol. The summed E-state index contributed by atoms with van der Waals surface area (Å²) in [5.41, 5.74) is -0.995. The quantitative estimate of drug-likeness (QED) is 0.699. The van der Waals surface area contributed by atoms with E-state index in [2.05, 4.69) is 0 Å². The van der Waals surface area contributed by atoms with Gasteiger partial charge >= 0.3 is 0 Å². The van der Waals surface area contributed by atoms with Crippen LogP contribution in [0.1, 0.15) is 19.8 Å². The van der Waals surface area contributed by atoms with Gasteiger partial charge in [0.2, 0.25) is 10.0 Å². The van der Waals surface area contributed by atoms with Gasteiger partial charge in [-0.1, -0.05) is 0 Å². The van der Waals surface area contributed by atoms with Gasteiger partial charge in [0.05, 0.1) is 22.4 Å². The molecule has 2 atom stereocenters. The Morgan fingerprint density at radius 2 is 2.06 bits per heavy atom. The number of hydrogen-bond acceptors (Lipinski definition) is 5. The van der Waals surface area contributed by atoms with Gasteiger partial charge in [-0.2, -0.15) is 4.31 Å². The Hall–Kier alpha value is -0.180. The van der Waals surface area contributed by atoms with Gasteiger partial charge in [0, 0.05) is 13.1 Å². The predicted octanol–water partition coefficient (Wildman–Crippen LogP) is -1.04. The molecule has 0 amide bonds. The molecular formula is C9H17NO5S2. The highest BCUT2D eigenvalue weighted by Crippen LogP contribution is 2.28. The zero-order chi connectivity index (χ0) is 12.9. The second-order valence-corrected chi connectivity index (χ2v) is 9.59. The van der Waals surface area contributed by atoms with Crippen molar-refractivity contribution in [3.8, 4) is 0 Å². The van der Waals surface area contributed by atoms with Gasteiger partial charge in [-0.25, -0.2) is 16.8 Å². The summed E-state index contributed by atoms with van der Waals surface area (Å²) in [5, 5.41) is 8.92. The summed E-state index contributed by atoms with van der Waals surface area (Å²) >= 11 is 0. The van der Waals surface area contributed by atoms with Crippen LogP contribution in [-0.4, -0.2) is 61.7 Å². The molecule has 0 aromatic carbocycles. The van der Waals surface area contributed by atoms with Crippen molar-refractivity contribution in [1.29, 1.82) is 0 Å². The average Bonchev–Trinajstić information content (AvgIpc) is 2.69. The third-order valence-electron chi connectivity index (χ3n) is 3.39. The molecule has 0 aromatic rings. The number of sulfonamides is 1. The van der Waals surface area contributed by atoms with Crippen LogP contribution >= 0.6 is 0 Å². The monoisotopic (exact) mass is 283 g/mol. The molecule has 0 radical (unpaired) electrons. The average molecular weight is 283 g/mol. The lowest BCUT2D eigenvalue weighted by molar-refractivity contribution is 0.0762. The van der Waals surface area contributed by atoms with Gasteiger partial charge in [-0.05, 0) is 19.8 Å². The summed E-state index contributed by atoms with van der Waals surface area (Å²) < 4.78 is 48.1. The molecule has 0 aliphatic carbocycles. The Morgan fingerprint density at radius 3 is 2.47 bits per heavy atom. The fourth-order valence-corrected chi connectivity index (χ4v) is 6.97. The van der Waals surface area contributed by atoms with E-state index in [-0.39, 0.29) is 31.0 Å². The lowest BCUT2D eigenvalue weighted by Gasteiger charge is -2.21. The van der Waals surface area contributed by atoms with Crippen LogP contribution in [0.3, 0.4) is 0 Å². The van der Waals surface area contributed by atoms with E-state index in [1.807, 2.05) is 0 Å². The van der Waals surface area contributed by atoms with Crippen LogP contribution in [0.2, 0.25) is 0 Å². The Morgan fingerprint density at radius 1 is 1.41 bits per heavy atom. The minimum Gasteiger partial charge on any atom is -0.389 e. The summed E-state index contributed by atoms with van der Waals surface area (Å²) in [6.45, 7) is 1.92. The van der Waals surface area contributed by atoms with Gasteiger partial charge < -0.3 is 5.11 Å². The maximum Gasteiger partial charge on any atom is 0.218 e. The van der Waals surface area contributed by atoms with E-state index in [0.717, 1.165) is 0 Å². The minimum absolute atomic E-state index is 0.0544. The first-order valence-electron chi connectivity index (χ1n) is 5.54. The third kappa shape index (κ3) is 2.64. The number of hydrogen-bond donors (Lipinski definition) is 1. The first-order chi connectivity index (χ1) is 7.62. The molecule has 2 rings (SSSR count). The topological polar surface area (TPSA) is 91.8 Å². The molecule has 6 nitrogen and oxygen atoms in total. The van der Waals surface area contributed by atoms with Crippen molar-refractivity contribution in [3.63, 3.8) is 0 Å². The Bertz CT molecular complexity index is 508. The maximum atomic E-state index is 12.2. The lowest BCUT2D eigenvalue weighted by Crippen LogP contribution is -2.40. The molecule has 0 bridgehead atoms. The van der Waals surface area contributed by atoms with Crippen molar-refractivity contribution in [2.24, 2.45) is 0 Å². The van der Waals surface area contributed by atoms with Crippen molar-refractivity contribution in [2.45, 2.75) is 30.6 Å². The molecule has 2 heterocycles. The zero-order valence-corrected chi connectivity index (χ0v) is 11.3. The van der Waals surface area contributed by atoms with Crippen molar-refractivity contribution in [1.82, 2.24) is 4.31 Å². The molecule has 2 aliphatic heterocycles. The fourth-order valence-electron chi connectivity index (χ4n) is 2.33. The normalized spacial score (nSPS) is 38.6. The van der Waals surface area contributed by atoms with Gasteiger partial charge in [0.15, 0.2) is 9.84 Å². The van der Waals surface area contributed by atoms with Crippen molar-refractivity contribution < 1.29 is 21.9 Å². The lowest BCUT2D eigenvalue weighted by atomic mass is 10.1. The van der Waals surface area contributed by atoms with E-state index >= 15 is 0 Å². The zero-order valence-electron chi connectivity index (χ0n) is 9.66. The van der Waals surface area contributed by atoms with Crippen LogP contribution in [0.25, 0.3) is 0 Å². The molecule has 17 heavy (non-hydrogen) atoms. The van der Waals surface area contributed by atoms with Crippen molar-refractivity contribution in [2.75, 3.05) is 24.6 Å². The Labute approximate surface area is 102 Å². The first kappa shape index (κ1) is 13.3. The van der Waals surface area contributed by atoms with E-state index in [1.165, 1.54) is 4.31 Å². The summed E-state index contributed by atoms with van der Waals surface area (Å²) in [4.78, 5) is 0. The van der Waals surface area contributed by atoms with Crippen LogP contribution in [0.5, 0.6) is 0 Å². The van der Waals surface area contributed by atoms with Crippen LogP contribution in [0.15, 0.2) is 0 Å². The molecule has 100 valence electrons. The molecule has 8 heteroatoms. The summed E-state index contributed by atoms with van der Waals surface area (Å²) in [7, 11) is -6.79. The number of nitrogens with zero attached hydrogens (tertiary/aromatic N) is 1. The number of β-amino-alcohol motifs (C(OH)–C–C–N with tert-alkyl or cyclic N) is 1. The molecular weight excluding hydrogens is 266 g/mol. The second kappa shape index (κ2) is 3.91. The van der Waals surface area contributed by atoms with Crippen LogP contribution in [0, 0.1) is 0 Å². The van der Waals surface area contributed by atoms with Crippen molar-refractivity contribution in [3.05, 3.63) is 0 Å². The fraction of sp³-hybridized carbons (Fsp3) is 1.00. The maximum absolute atomic E-state index is 12.2. The van der Waals surface area contributed by atoms with Crippen LogP contribution in [-0.2, 0) is 19.9 Å². The van der Waals surface area contributed by atoms with E-state index in [4.69, 9.17) is 0 Å². The van der Waals surface area contributed by atoms with Gasteiger partial charge in [-0.3, -0.25) is 0 Å². The van der Waals surface area contributed by atoms with Gasteiger partial charge in [0.25, 0.3) is 0 Å². The second-order valence-electron chi connectivity index (χ2n) is 5.15. The smallest absolute Gasteiger partial charge is 0.218 e. The van der Waals surface area contributed by atoms with Crippen LogP contribution < -0.4 is 0 Å². The van der Waals surface area contributed by atoms with E-state index in [9.17, 15) is 21.9 Å². The number of sulfone groups is 1.